The van der Waals surface area contributed by atoms with Crippen molar-refractivity contribution in [1.82, 2.24) is 102 Å². The van der Waals surface area contributed by atoms with Gasteiger partial charge in [-0.3, -0.25) is 19.9 Å². The SMILES string of the molecule is Cc1cc(-c2ccccn2)[n-]n1.Cc1cc(-c2ccccn2)[n-]n1.Cc1cc(C)[n-]n1.Cc1cc(C)[n-]n1.FC(F)(F)c1cc(-c2ccccn2)[n-]n1.FC(F)(F)c1cc(-c2ccccn2)[n-]n1.[Pt+2].[Pt+2].[Pt+2].[Pt+2].c1cn[n-]c1.c1cn[n-]c1. The summed E-state index contributed by atoms with van der Waals surface area (Å²) in [5.74, 6) is 0. The van der Waals surface area contributed by atoms with Crippen molar-refractivity contribution in [3.8, 4) is 45.6 Å². The van der Waals surface area contributed by atoms with Crippen molar-refractivity contribution < 1.29 is 111 Å². The van der Waals surface area contributed by atoms with Gasteiger partial charge in [0.15, 0.2) is 0 Å². The second-order valence-electron chi connectivity index (χ2n) is 15.5. The molecule has 0 bridgehead atoms. The molecule has 0 unspecified atom stereocenters. The quantitative estimate of drug-likeness (QED) is 0.150. The fraction of sp³-hybridized carbons (Fsp3) is 0.154. The van der Waals surface area contributed by atoms with Crippen LogP contribution in [0, 0.1) is 41.5 Å². The summed E-state index contributed by atoms with van der Waals surface area (Å²) >= 11 is 0. The van der Waals surface area contributed by atoms with E-state index in [-0.39, 0.29) is 95.6 Å². The van der Waals surface area contributed by atoms with E-state index in [2.05, 4.69) is 102 Å². The van der Waals surface area contributed by atoms with E-state index in [0.717, 1.165) is 69.1 Å². The number of hydrogen-bond donors (Lipinski definition) is 0. The van der Waals surface area contributed by atoms with Crippen LogP contribution in [-0.4, -0.2) is 60.7 Å². The summed E-state index contributed by atoms with van der Waals surface area (Å²) in [5.41, 5.74) is 8.28. The van der Waals surface area contributed by atoms with Gasteiger partial charge in [0, 0.05) is 82.7 Å². The number of rotatable bonds is 4. The molecule has 0 aromatic carbocycles. The topological polar surface area (TPSA) is 267 Å². The van der Waals surface area contributed by atoms with Gasteiger partial charge in [0.25, 0.3) is 0 Å². The zero-order valence-corrected chi connectivity index (χ0v) is 52.7. The van der Waals surface area contributed by atoms with E-state index >= 15 is 0 Å². The van der Waals surface area contributed by atoms with Gasteiger partial charge >= 0.3 is 96.6 Å². The minimum absolute atomic E-state index is 0. The number of aryl methyl sites for hydroxylation is 6. The first-order chi connectivity index (χ1) is 37.4. The molecule has 12 heterocycles. The van der Waals surface area contributed by atoms with Gasteiger partial charge in [-0.25, -0.2) is 0 Å². The summed E-state index contributed by atoms with van der Waals surface area (Å²) in [6, 6.07) is 34.3. The zero-order valence-electron chi connectivity index (χ0n) is 43.6. The van der Waals surface area contributed by atoms with Gasteiger partial charge in [0.2, 0.25) is 0 Å². The van der Waals surface area contributed by atoms with Crippen LogP contribution < -0.4 is 40.8 Å². The van der Waals surface area contributed by atoms with Crippen molar-refractivity contribution in [2.24, 2.45) is 0 Å². The molecule has 0 aliphatic heterocycles. The molecule has 0 fully saturated rings. The zero-order chi connectivity index (χ0) is 56.2. The third-order valence-electron chi connectivity index (χ3n) is 9.00. The molecule has 0 aliphatic rings. The third-order valence-corrected chi connectivity index (χ3v) is 9.00. The average Bonchev–Trinajstić information content (AvgIpc) is 4.29. The predicted octanol–water partition coefficient (Wildman–Crippen LogP) is 8.44. The molecule has 12 aromatic heterocycles. The van der Waals surface area contributed by atoms with Gasteiger partial charge in [-0.1, -0.05) is 97.3 Å². The first-order valence-corrected chi connectivity index (χ1v) is 22.8. The van der Waals surface area contributed by atoms with E-state index in [4.69, 9.17) is 0 Å². The van der Waals surface area contributed by atoms with Crippen LogP contribution in [-0.2, 0) is 96.6 Å². The molecule has 0 spiro atoms. The first kappa shape index (κ1) is 72.6. The fourth-order valence-corrected chi connectivity index (χ4v) is 5.62. The van der Waals surface area contributed by atoms with Crippen LogP contribution in [0.4, 0.5) is 26.3 Å². The van der Waals surface area contributed by atoms with Crippen LogP contribution in [0.1, 0.15) is 45.6 Å². The number of alkyl halides is 6. The van der Waals surface area contributed by atoms with Gasteiger partial charge in [0.05, 0.1) is 0 Å². The van der Waals surface area contributed by atoms with E-state index in [1.807, 2.05) is 102 Å². The standard InChI is InChI=1S/2C9H5F3N3.2C9H8N3.2C5H7N2.2C3H3N2.4Pt/c2*10-9(11,12)8-5-7(14-15-8)6-3-1-2-4-13-6;2*1-7-6-9(12-11-7)8-4-2-3-5-10-8;2*1-4-3-5(2)7-6-4;2*1-2-4-5-3-1;;;;/h2*1-5H;2*2-6H,1H3;2*3H,1-2H3;2*1-3H;;;;/q8*-1;4*+2. The van der Waals surface area contributed by atoms with Crippen molar-refractivity contribution in [2.45, 2.75) is 53.9 Å². The molecule has 436 valence electrons. The maximum absolute atomic E-state index is 12.2. The maximum atomic E-state index is 12.2. The van der Waals surface area contributed by atoms with Crippen molar-refractivity contribution >= 4 is 0 Å². The van der Waals surface area contributed by atoms with Gasteiger partial charge < -0.3 is 81.6 Å². The average molecular weight is 1850 g/mol. The molecule has 12 rings (SSSR count). The van der Waals surface area contributed by atoms with E-state index in [1.54, 1.807) is 85.7 Å². The molecule has 20 nitrogen and oxygen atoms in total. The monoisotopic (exact) mass is 1840 g/mol. The molecule has 0 atom stereocenters. The molecule has 0 aliphatic carbocycles. The van der Waals surface area contributed by atoms with Gasteiger partial charge in [0.1, 0.15) is 11.4 Å². The van der Waals surface area contributed by atoms with E-state index in [0.29, 0.717) is 11.4 Å². The molecule has 0 radical (unpaired) electrons. The Morgan fingerprint density at radius 2 is 0.598 bits per heavy atom. The largest absolute Gasteiger partial charge is 2.00 e. The minimum atomic E-state index is -4.46. The number of halogens is 6. The first-order valence-electron chi connectivity index (χ1n) is 22.8. The minimum Gasteiger partial charge on any atom is -0.582 e. The summed E-state index contributed by atoms with van der Waals surface area (Å²) in [5, 5.41) is 57.6. The Labute approximate surface area is 524 Å². The molecule has 12 aromatic rings. The Balaban J connectivity index is 0.000000478. The number of aromatic nitrogens is 20. The Kier molecular flexibility index (Phi) is 34.0. The Bertz CT molecular complexity index is 3130. The molecular formula is C52H46F6N20Pt4. The molecular weight excluding hydrogens is 1800 g/mol. The smallest absolute Gasteiger partial charge is 0.582 e. The predicted molar refractivity (Wildman–Crippen MR) is 272 cm³/mol. The summed E-state index contributed by atoms with van der Waals surface area (Å²) in [4.78, 5) is 16.1. The molecule has 82 heavy (non-hydrogen) atoms. The van der Waals surface area contributed by atoms with Crippen molar-refractivity contribution in [2.75, 3.05) is 0 Å². The van der Waals surface area contributed by atoms with E-state index in [9.17, 15) is 26.3 Å². The van der Waals surface area contributed by atoms with Crippen molar-refractivity contribution in [3.05, 3.63) is 216 Å². The second kappa shape index (κ2) is 38.3. The van der Waals surface area contributed by atoms with Crippen LogP contribution in [0.5, 0.6) is 0 Å². The molecule has 0 saturated heterocycles. The summed E-state index contributed by atoms with van der Waals surface area (Å²) in [7, 11) is 0. The van der Waals surface area contributed by atoms with E-state index in [1.165, 1.54) is 12.4 Å². The fourth-order valence-electron chi connectivity index (χ4n) is 5.62. The number of pyridine rings is 4. The van der Waals surface area contributed by atoms with Crippen LogP contribution in [0.3, 0.4) is 0 Å². The van der Waals surface area contributed by atoms with Gasteiger partial charge in [-0.15, -0.1) is 11.4 Å². The second-order valence-corrected chi connectivity index (χ2v) is 15.5. The molecule has 0 N–H and O–H groups in total. The molecule has 0 saturated carbocycles. The Morgan fingerprint density at radius 3 is 0.756 bits per heavy atom. The van der Waals surface area contributed by atoms with Crippen LogP contribution in [0.15, 0.2) is 171 Å². The van der Waals surface area contributed by atoms with Gasteiger partial charge in [-0.2, -0.15) is 38.7 Å². The molecule has 0 amide bonds. The number of hydrogen-bond acceptors (Lipinski definition) is 12. The number of nitrogens with zero attached hydrogens (tertiary/aromatic N) is 20. The third kappa shape index (κ3) is 27.4. The van der Waals surface area contributed by atoms with Gasteiger partial charge in [-0.05, 0) is 88.4 Å². The summed E-state index contributed by atoms with van der Waals surface area (Å²) in [6.07, 6.45) is 4.10. The van der Waals surface area contributed by atoms with Crippen molar-refractivity contribution in [1.29, 1.82) is 0 Å². The van der Waals surface area contributed by atoms with E-state index < -0.39 is 23.7 Å². The van der Waals surface area contributed by atoms with Crippen LogP contribution in [0.25, 0.3) is 45.6 Å². The summed E-state index contributed by atoms with van der Waals surface area (Å²) < 4.78 is 73.2. The Hall–Kier alpha value is -7.39. The molecule has 30 heteroatoms. The maximum Gasteiger partial charge on any atom is 2.00 e. The summed E-state index contributed by atoms with van der Waals surface area (Å²) in [6.45, 7) is 11.6. The van der Waals surface area contributed by atoms with Crippen LogP contribution >= 0.6 is 0 Å². The van der Waals surface area contributed by atoms with Crippen molar-refractivity contribution in [3.63, 3.8) is 0 Å². The Morgan fingerprint density at radius 1 is 0.317 bits per heavy atom. The van der Waals surface area contributed by atoms with Crippen LogP contribution in [0.2, 0.25) is 0 Å². The normalized spacial score (nSPS) is 9.80.